The van der Waals surface area contributed by atoms with Gasteiger partial charge in [0.25, 0.3) is 5.69 Å². The summed E-state index contributed by atoms with van der Waals surface area (Å²) >= 11 is 0. The molecule has 2 aliphatic heterocycles. The van der Waals surface area contributed by atoms with Crippen LogP contribution in [0.2, 0.25) is 0 Å². The van der Waals surface area contributed by atoms with Gasteiger partial charge in [0.1, 0.15) is 0 Å². The minimum absolute atomic E-state index is 0.0467. The van der Waals surface area contributed by atoms with E-state index in [4.69, 9.17) is 14.2 Å². The van der Waals surface area contributed by atoms with Crippen molar-refractivity contribution in [3.05, 3.63) is 86.2 Å². The van der Waals surface area contributed by atoms with Crippen molar-refractivity contribution in [1.82, 2.24) is 5.32 Å². The molecule has 2 aromatic rings. The molecule has 0 fully saturated rings. The van der Waals surface area contributed by atoms with Gasteiger partial charge in [-0.3, -0.25) is 14.9 Å². The van der Waals surface area contributed by atoms with Gasteiger partial charge in [-0.15, -0.1) is 0 Å². The fourth-order valence-electron chi connectivity index (χ4n) is 5.24. The zero-order valence-electron chi connectivity index (χ0n) is 20.9. The fourth-order valence-corrected chi connectivity index (χ4v) is 5.24. The number of nitrogens with zero attached hydrogens (tertiary/aromatic N) is 1. The summed E-state index contributed by atoms with van der Waals surface area (Å²) in [7, 11) is 0. The molecular formula is C28H28N2O7. The Kier molecular flexibility index (Phi) is 6.45. The van der Waals surface area contributed by atoms with Gasteiger partial charge in [-0.2, -0.15) is 0 Å². The highest BCUT2D eigenvalue weighted by molar-refractivity contribution is 6.04. The first kappa shape index (κ1) is 24.5. The van der Waals surface area contributed by atoms with Gasteiger partial charge in [0.2, 0.25) is 6.79 Å². The van der Waals surface area contributed by atoms with Crippen LogP contribution in [0.25, 0.3) is 0 Å². The van der Waals surface area contributed by atoms with Gasteiger partial charge in [-0.1, -0.05) is 44.2 Å². The monoisotopic (exact) mass is 504 g/mol. The number of esters is 1. The number of fused-ring (bicyclic) bond motifs is 1. The number of Topliss-reactive ketones (excluding diaryl/α,β-unsaturated/α-hetero) is 1. The molecule has 0 radical (unpaired) electrons. The molecule has 0 spiro atoms. The topological polar surface area (TPSA) is 117 Å². The van der Waals surface area contributed by atoms with Crippen LogP contribution in [-0.4, -0.2) is 30.1 Å². The molecule has 1 aliphatic carbocycles. The molecular weight excluding hydrogens is 476 g/mol. The maximum absolute atomic E-state index is 13.8. The van der Waals surface area contributed by atoms with E-state index in [1.54, 1.807) is 6.92 Å². The molecule has 9 heteroatoms. The van der Waals surface area contributed by atoms with E-state index in [2.05, 4.69) is 5.32 Å². The molecule has 2 atom stereocenters. The average Bonchev–Trinajstić information content (AvgIpc) is 3.33. The predicted octanol–water partition coefficient (Wildman–Crippen LogP) is 4.88. The molecule has 0 bridgehead atoms. The summed E-state index contributed by atoms with van der Waals surface area (Å²) < 4.78 is 16.4. The van der Waals surface area contributed by atoms with Gasteiger partial charge in [-0.25, -0.2) is 4.79 Å². The second-order valence-electron chi connectivity index (χ2n) is 9.94. The number of benzene rings is 2. The number of ether oxygens (including phenoxy) is 3. The molecule has 37 heavy (non-hydrogen) atoms. The van der Waals surface area contributed by atoms with E-state index >= 15 is 0 Å². The first-order valence-corrected chi connectivity index (χ1v) is 12.3. The zero-order chi connectivity index (χ0) is 26.3. The van der Waals surface area contributed by atoms with Gasteiger partial charge in [0, 0.05) is 29.0 Å². The SMILES string of the molecule is CC1=C(C(=O)OCC(C)C)[C@@H](c2cc3c(cc2[N+](=O)[O-])OCO3)C2=C(C[C@@H](c3ccccc3)CC2=O)N1. The maximum Gasteiger partial charge on any atom is 0.336 e. The fraction of sp³-hybridized carbons (Fsp3) is 0.357. The zero-order valence-corrected chi connectivity index (χ0v) is 20.9. The number of nitro groups is 1. The van der Waals surface area contributed by atoms with E-state index in [0.29, 0.717) is 29.1 Å². The minimum Gasteiger partial charge on any atom is -0.462 e. The van der Waals surface area contributed by atoms with E-state index in [0.717, 1.165) is 5.56 Å². The predicted molar refractivity (Wildman–Crippen MR) is 134 cm³/mol. The lowest BCUT2D eigenvalue weighted by Crippen LogP contribution is -2.36. The van der Waals surface area contributed by atoms with Crippen LogP contribution in [0.3, 0.4) is 0 Å². The number of rotatable bonds is 6. The maximum atomic E-state index is 13.8. The van der Waals surface area contributed by atoms with Crippen LogP contribution in [0.15, 0.2) is 65.0 Å². The number of carbonyl (C=O) groups is 2. The van der Waals surface area contributed by atoms with Crippen molar-refractivity contribution in [3.8, 4) is 11.5 Å². The van der Waals surface area contributed by atoms with Crippen LogP contribution < -0.4 is 14.8 Å². The molecule has 1 N–H and O–H groups in total. The van der Waals surface area contributed by atoms with E-state index in [9.17, 15) is 19.7 Å². The van der Waals surface area contributed by atoms with Crippen molar-refractivity contribution in [1.29, 1.82) is 0 Å². The third-order valence-electron chi connectivity index (χ3n) is 6.90. The van der Waals surface area contributed by atoms with Gasteiger partial charge >= 0.3 is 5.97 Å². The van der Waals surface area contributed by atoms with E-state index in [-0.39, 0.29) is 60.0 Å². The number of allylic oxidation sites excluding steroid dienone is 3. The van der Waals surface area contributed by atoms with Crippen LogP contribution >= 0.6 is 0 Å². The second-order valence-corrected chi connectivity index (χ2v) is 9.94. The summed E-state index contributed by atoms with van der Waals surface area (Å²) in [5, 5.41) is 15.5. The number of dihydropyridines is 1. The smallest absolute Gasteiger partial charge is 0.336 e. The highest BCUT2D eigenvalue weighted by Gasteiger charge is 2.44. The van der Waals surface area contributed by atoms with Crippen LogP contribution in [0, 0.1) is 16.0 Å². The minimum atomic E-state index is -0.977. The van der Waals surface area contributed by atoms with Crippen LogP contribution in [-0.2, 0) is 14.3 Å². The quantitative estimate of drug-likeness (QED) is 0.336. The highest BCUT2D eigenvalue weighted by atomic mass is 16.7. The Morgan fingerprint density at radius 1 is 1.16 bits per heavy atom. The highest BCUT2D eigenvalue weighted by Crippen LogP contribution is 2.50. The standard InChI is InChI=1S/C28H28N2O7/c1-15(2)13-35-28(32)25-16(3)29-20-9-18(17-7-5-4-6-8-17)10-22(31)27(20)26(25)19-11-23-24(37-14-36-23)12-21(19)30(33)34/h4-8,11-12,15,18,26,29H,9-10,13-14H2,1-3H3/t18-,26-/m1/s1. The summed E-state index contributed by atoms with van der Waals surface area (Å²) in [6.07, 6.45) is 0.762. The summed E-state index contributed by atoms with van der Waals surface area (Å²) in [6.45, 7) is 5.69. The molecule has 2 aromatic carbocycles. The lowest BCUT2D eigenvalue weighted by Gasteiger charge is -2.36. The van der Waals surface area contributed by atoms with Crippen molar-refractivity contribution in [3.63, 3.8) is 0 Å². The summed E-state index contributed by atoms with van der Waals surface area (Å²) in [6, 6.07) is 12.6. The van der Waals surface area contributed by atoms with Crippen LogP contribution in [0.1, 0.15) is 56.6 Å². The molecule has 0 aromatic heterocycles. The molecule has 2 heterocycles. The number of hydrogen-bond acceptors (Lipinski definition) is 8. The van der Waals surface area contributed by atoms with Crippen molar-refractivity contribution in [2.45, 2.75) is 45.4 Å². The van der Waals surface area contributed by atoms with E-state index < -0.39 is 16.8 Å². The summed E-state index contributed by atoms with van der Waals surface area (Å²) in [5.74, 6) is -1.12. The Morgan fingerprint density at radius 2 is 1.86 bits per heavy atom. The van der Waals surface area contributed by atoms with Gasteiger partial charge in [0.15, 0.2) is 17.3 Å². The Balaban J connectivity index is 1.66. The first-order valence-electron chi connectivity index (χ1n) is 12.3. The number of nitro benzene ring substituents is 1. The number of ketones is 1. The Morgan fingerprint density at radius 3 is 2.54 bits per heavy atom. The Hall–Kier alpha value is -4.14. The van der Waals surface area contributed by atoms with Gasteiger partial charge < -0.3 is 19.5 Å². The van der Waals surface area contributed by atoms with Crippen molar-refractivity contribution >= 4 is 17.4 Å². The Labute approximate surface area is 214 Å². The average molecular weight is 505 g/mol. The molecule has 3 aliphatic rings. The molecule has 0 saturated heterocycles. The third-order valence-corrected chi connectivity index (χ3v) is 6.90. The first-order chi connectivity index (χ1) is 17.7. The number of hydrogen-bond donors (Lipinski definition) is 1. The summed E-state index contributed by atoms with van der Waals surface area (Å²) in [4.78, 5) is 38.8. The summed E-state index contributed by atoms with van der Waals surface area (Å²) in [5.41, 5.74) is 2.71. The molecule has 192 valence electrons. The molecule has 9 nitrogen and oxygen atoms in total. The Bertz CT molecular complexity index is 1340. The second kappa shape index (κ2) is 9.72. The normalized spacial score (nSPS) is 20.6. The van der Waals surface area contributed by atoms with E-state index in [1.807, 2.05) is 44.2 Å². The molecule has 5 rings (SSSR count). The lowest BCUT2D eigenvalue weighted by molar-refractivity contribution is -0.385. The molecule has 0 amide bonds. The lowest BCUT2D eigenvalue weighted by atomic mass is 9.71. The van der Waals surface area contributed by atoms with Crippen molar-refractivity contribution < 1.29 is 28.7 Å². The van der Waals surface area contributed by atoms with Gasteiger partial charge in [0.05, 0.1) is 29.1 Å². The largest absolute Gasteiger partial charge is 0.462 e. The van der Waals surface area contributed by atoms with E-state index in [1.165, 1.54) is 12.1 Å². The number of carbonyl (C=O) groups excluding carboxylic acids is 2. The molecule has 0 unspecified atom stereocenters. The van der Waals surface area contributed by atoms with Crippen molar-refractivity contribution in [2.75, 3.05) is 13.4 Å². The molecule has 0 saturated carbocycles. The van der Waals surface area contributed by atoms with Crippen LogP contribution in [0.4, 0.5) is 5.69 Å². The van der Waals surface area contributed by atoms with Crippen molar-refractivity contribution in [2.24, 2.45) is 5.92 Å². The number of nitrogens with one attached hydrogen (secondary N) is 1. The van der Waals surface area contributed by atoms with Crippen LogP contribution in [0.5, 0.6) is 11.5 Å². The third kappa shape index (κ3) is 4.57. The van der Waals surface area contributed by atoms with Gasteiger partial charge in [-0.05, 0) is 36.8 Å².